The molecule has 160 valence electrons. The highest BCUT2D eigenvalue weighted by Crippen LogP contribution is 2.40. The Bertz CT molecular complexity index is 1350. The number of ether oxygens (including phenoxy) is 1. The summed E-state index contributed by atoms with van der Waals surface area (Å²) in [5.41, 5.74) is 7.96. The van der Waals surface area contributed by atoms with Gasteiger partial charge in [0.2, 0.25) is 0 Å². The number of aryl methyl sites for hydroxylation is 2. The number of hydrogen-bond acceptors (Lipinski definition) is 5. The van der Waals surface area contributed by atoms with Crippen molar-refractivity contribution in [1.82, 2.24) is 20.0 Å². The van der Waals surface area contributed by atoms with E-state index in [-0.39, 0.29) is 0 Å². The van der Waals surface area contributed by atoms with Crippen molar-refractivity contribution in [1.29, 1.82) is 0 Å². The summed E-state index contributed by atoms with van der Waals surface area (Å²) in [5.74, 6) is 0.681. The van der Waals surface area contributed by atoms with Crippen LogP contribution in [0.2, 0.25) is 0 Å². The van der Waals surface area contributed by atoms with Gasteiger partial charge in [-0.05, 0) is 37.1 Å². The highest BCUT2D eigenvalue weighted by atomic mass is 16.7. The molecule has 0 radical (unpaired) electrons. The van der Waals surface area contributed by atoms with Crippen molar-refractivity contribution in [3.8, 4) is 11.4 Å². The van der Waals surface area contributed by atoms with Gasteiger partial charge < -0.3 is 9.72 Å². The lowest BCUT2D eigenvalue weighted by atomic mass is 9.92. The van der Waals surface area contributed by atoms with Crippen molar-refractivity contribution in [2.75, 3.05) is 7.11 Å². The first kappa shape index (κ1) is 20.3. The van der Waals surface area contributed by atoms with Gasteiger partial charge in [-0.2, -0.15) is 5.06 Å². The van der Waals surface area contributed by atoms with Gasteiger partial charge in [0.25, 0.3) is 0 Å². The molecule has 0 saturated heterocycles. The highest BCUT2D eigenvalue weighted by molar-refractivity contribution is 6.33. The molecule has 5 rings (SSSR count). The van der Waals surface area contributed by atoms with Gasteiger partial charge in [0.1, 0.15) is 20.5 Å². The molecular weight excluding hydrogens is 403 g/mol. The molecule has 0 saturated carbocycles. The zero-order valence-corrected chi connectivity index (χ0v) is 18.5. The maximum absolute atomic E-state index is 12.6. The molecule has 1 atom stereocenters. The standard InChI is InChI=1S/C24H23BN4O3/c1-13-10-15(4-6-17(13)23-26-9-8-14(2)27-23)22-21-19(12-32-29(22)24(30)31-3)18-11-16(25)5-7-20(18)28-21/h4-11,22,28H,12,25H2,1-3H3. The second-order valence-electron chi connectivity index (χ2n) is 8.13. The third-order valence-electron chi connectivity index (χ3n) is 5.91. The summed E-state index contributed by atoms with van der Waals surface area (Å²) in [6.45, 7) is 4.26. The van der Waals surface area contributed by atoms with Crippen LogP contribution in [0.1, 0.15) is 34.1 Å². The number of hydrogen-bond donors (Lipinski definition) is 1. The fraction of sp³-hybridized carbons (Fsp3) is 0.208. The van der Waals surface area contributed by atoms with Gasteiger partial charge in [-0.25, -0.2) is 14.8 Å². The van der Waals surface area contributed by atoms with Crippen LogP contribution in [0.5, 0.6) is 0 Å². The van der Waals surface area contributed by atoms with Gasteiger partial charge in [0.15, 0.2) is 5.82 Å². The number of methoxy groups -OCH3 is 1. The van der Waals surface area contributed by atoms with Crippen molar-refractivity contribution >= 4 is 30.3 Å². The maximum Gasteiger partial charge on any atom is 0.434 e. The number of amides is 1. The Morgan fingerprint density at radius 1 is 1.22 bits per heavy atom. The third-order valence-corrected chi connectivity index (χ3v) is 5.91. The molecule has 0 bridgehead atoms. The van der Waals surface area contributed by atoms with Crippen LogP contribution in [-0.4, -0.2) is 41.1 Å². The van der Waals surface area contributed by atoms with E-state index in [0.717, 1.165) is 44.5 Å². The van der Waals surface area contributed by atoms with Crippen molar-refractivity contribution in [3.63, 3.8) is 0 Å². The second-order valence-corrected chi connectivity index (χ2v) is 8.13. The zero-order chi connectivity index (χ0) is 22.4. The summed E-state index contributed by atoms with van der Waals surface area (Å²) in [7, 11) is 3.42. The van der Waals surface area contributed by atoms with Crippen LogP contribution < -0.4 is 5.46 Å². The summed E-state index contributed by atoms with van der Waals surface area (Å²) < 4.78 is 5.01. The van der Waals surface area contributed by atoms with E-state index in [0.29, 0.717) is 12.4 Å². The summed E-state index contributed by atoms with van der Waals surface area (Å²) in [5, 5.41) is 2.42. The number of aromatic amines is 1. The Morgan fingerprint density at radius 3 is 2.81 bits per heavy atom. The zero-order valence-electron chi connectivity index (χ0n) is 18.5. The van der Waals surface area contributed by atoms with Crippen molar-refractivity contribution in [3.05, 3.63) is 76.7 Å². The van der Waals surface area contributed by atoms with Crippen molar-refractivity contribution in [2.24, 2.45) is 0 Å². The molecule has 1 aliphatic rings. The number of aromatic nitrogens is 3. The molecule has 1 amide bonds. The van der Waals surface area contributed by atoms with E-state index >= 15 is 0 Å². The third kappa shape index (κ3) is 3.33. The number of benzene rings is 2. The monoisotopic (exact) mass is 426 g/mol. The molecular formula is C24H23BN4O3. The topological polar surface area (TPSA) is 80.3 Å². The molecule has 8 heteroatoms. The second kappa shape index (κ2) is 7.80. The van der Waals surface area contributed by atoms with E-state index < -0.39 is 12.1 Å². The van der Waals surface area contributed by atoms with Gasteiger partial charge in [0.05, 0.1) is 12.8 Å². The minimum Gasteiger partial charge on any atom is -0.451 e. The van der Waals surface area contributed by atoms with Gasteiger partial charge in [-0.1, -0.05) is 35.8 Å². The number of nitrogens with zero attached hydrogens (tertiary/aromatic N) is 3. The Hall–Kier alpha value is -3.65. The minimum absolute atomic E-state index is 0.290. The first-order valence-corrected chi connectivity index (χ1v) is 10.5. The van der Waals surface area contributed by atoms with Crippen LogP contribution in [0.4, 0.5) is 4.79 Å². The molecule has 2 aromatic carbocycles. The predicted molar refractivity (Wildman–Crippen MR) is 124 cm³/mol. The molecule has 0 fully saturated rings. The van der Waals surface area contributed by atoms with Crippen LogP contribution in [0.25, 0.3) is 22.3 Å². The van der Waals surface area contributed by atoms with E-state index in [1.54, 1.807) is 6.20 Å². The normalized spacial score (nSPS) is 15.6. The summed E-state index contributed by atoms with van der Waals surface area (Å²) in [6.07, 6.45) is 1.22. The number of fused-ring (bicyclic) bond motifs is 3. The number of carbonyl (C=O) groups is 1. The van der Waals surface area contributed by atoms with E-state index in [1.807, 2.05) is 32.0 Å². The molecule has 0 spiro atoms. The molecule has 1 unspecified atom stereocenters. The molecule has 0 aliphatic carbocycles. The molecule has 1 N–H and O–H groups in total. The SMILES string of the molecule is Bc1ccc2[nH]c3c(c2c1)CON(C(=O)OC)C3c1ccc(-c2nccc(C)n2)c(C)c1. The number of hydroxylamine groups is 2. The summed E-state index contributed by atoms with van der Waals surface area (Å²) in [4.78, 5) is 31.0. The van der Waals surface area contributed by atoms with Crippen LogP contribution in [0, 0.1) is 13.8 Å². The lowest BCUT2D eigenvalue weighted by Crippen LogP contribution is -2.39. The Balaban J connectivity index is 1.65. The molecule has 32 heavy (non-hydrogen) atoms. The van der Waals surface area contributed by atoms with Gasteiger partial charge in [-0.15, -0.1) is 0 Å². The first-order chi connectivity index (χ1) is 15.5. The van der Waals surface area contributed by atoms with Gasteiger partial charge in [-0.3, -0.25) is 4.84 Å². The highest BCUT2D eigenvalue weighted by Gasteiger charge is 2.37. The molecule has 1 aliphatic heterocycles. The molecule has 3 heterocycles. The van der Waals surface area contributed by atoms with Crippen LogP contribution in [0.15, 0.2) is 48.7 Å². The van der Waals surface area contributed by atoms with Crippen LogP contribution >= 0.6 is 0 Å². The predicted octanol–water partition coefficient (Wildman–Crippen LogP) is 3.10. The molecule has 4 aromatic rings. The maximum atomic E-state index is 12.6. The average molecular weight is 426 g/mol. The Kier molecular flexibility index (Phi) is 4.94. The minimum atomic E-state index is -0.542. The number of H-pyrrole nitrogens is 1. The Labute approximate surface area is 186 Å². The largest absolute Gasteiger partial charge is 0.451 e. The van der Waals surface area contributed by atoms with Crippen molar-refractivity contribution in [2.45, 2.75) is 26.5 Å². The summed E-state index contributed by atoms with van der Waals surface area (Å²) in [6, 6.07) is 13.7. The van der Waals surface area contributed by atoms with E-state index in [2.05, 4.69) is 47.1 Å². The molecule has 7 nitrogen and oxygen atoms in total. The number of nitrogens with one attached hydrogen (secondary N) is 1. The van der Waals surface area contributed by atoms with Gasteiger partial charge >= 0.3 is 6.09 Å². The average Bonchev–Trinajstić information content (AvgIpc) is 3.15. The quantitative estimate of drug-likeness (QED) is 0.499. The van der Waals surface area contributed by atoms with E-state index in [9.17, 15) is 4.79 Å². The smallest absolute Gasteiger partial charge is 0.434 e. The van der Waals surface area contributed by atoms with Crippen molar-refractivity contribution < 1.29 is 14.4 Å². The Morgan fingerprint density at radius 2 is 2.06 bits per heavy atom. The first-order valence-electron chi connectivity index (χ1n) is 10.5. The van der Waals surface area contributed by atoms with E-state index in [1.165, 1.54) is 17.6 Å². The van der Waals surface area contributed by atoms with Gasteiger partial charge in [0, 0.05) is 33.9 Å². The summed E-state index contributed by atoms with van der Waals surface area (Å²) >= 11 is 0. The van der Waals surface area contributed by atoms with E-state index in [4.69, 9.17) is 9.57 Å². The van der Waals surface area contributed by atoms with Crippen LogP contribution in [-0.2, 0) is 16.2 Å². The number of rotatable bonds is 2. The van der Waals surface area contributed by atoms with Crippen LogP contribution in [0.3, 0.4) is 0 Å². The fourth-order valence-corrected chi connectivity index (χ4v) is 4.33. The lowest BCUT2D eigenvalue weighted by molar-refractivity contribution is -0.173. The molecule has 2 aromatic heterocycles. The lowest BCUT2D eigenvalue weighted by Gasteiger charge is -2.34. The fourth-order valence-electron chi connectivity index (χ4n) is 4.33. The number of carbonyl (C=O) groups excluding carboxylic acids is 1.